The van der Waals surface area contributed by atoms with Crippen molar-refractivity contribution in [2.75, 3.05) is 0 Å². The topological polar surface area (TPSA) is 68.3 Å². The van der Waals surface area contributed by atoms with Gasteiger partial charge in [0.05, 0.1) is 9.79 Å². The van der Waals surface area contributed by atoms with Gasteiger partial charge in [0.15, 0.2) is 0 Å². The van der Waals surface area contributed by atoms with Crippen molar-refractivity contribution in [2.45, 2.75) is 9.79 Å². The third-order valence-corrected chi connectivity index (χ3v) is 4.25. The summed E-state index contributed by atoms with van der Waals surface area (Å²) in [6, 6.07) is 14.8. The molecule has 0 aliphatic carbocycles. The molecule has 2 aromatic carbocycles. The van der Waals surface area contributed by atoms with Gasteiger partial charge in [0.25, 0.3) is 9.05 Å². The molecule has 0 saturated carbocycles. The summed E-state index contributed by atoms with van der Waals surface area (Å²) in [7, 11) is -3.00. The Morgan fingerprint density at radius 3 is 1.25 bits per heavy atom. The molecule has 0 fully saturated rings. The largest absolute Gasteiger partial charge is 0.332 e. The van der Waals surface area contributed by atoms with Gasteiger partial charge in [0.1, 0.15) is 0 Å². The number of hydrogen-bond donors (Lipinski definition) is 0. The van der Waals surface area contributed by atoms with Crippen molar-refractivity contribution in [3.05, 3.63) is 60.7 Å². The van der Waals surface area contributed by atoms with E-state index in [4.69, 9.17) is 10.7 Å². The van der Waals surface area contributed by atoms with Gasteiger partial charge in [0.2, 0.25) is 0 Å². The van der Waals surface area contributed by atoms with Crippen LogP contribution in [0, 0.1) is 0 Å². The summed E-state index contributed by atoms with van der Waals surface area (Å²) >= 11 is 0. The van der Waals surface area contributed by atoms with Crippen LogP contribution in [-0.4, -0.2) is 16.8 Å². The Balaban J connectivity index is 0.000000200. The molecule has 0 saturated heterocycles. The van der Waals surface area contributed by atoms with Crippen molar-refractivity contribution in [1.82, 2.24) is 0 Å². The molecule has 0 radical (unpaired) electrons. The Labute approximate surface area is 121 Å². The summed E-state index contributed by atoms with van der Waals surface area (Å²) in [5.74, 6) is 0. The first-order valence-electron chi connectivity index (χ1n) is 5.20. The minimum atomic E-state index is -4.50. The van der Waals surface area contributed by atoms with Crippen LogP contribution in [-0.2, 0) is 19.3 Å². The fourth-order valence-electron chi connectivity index (χ4n) is 1.17. The van der Waals surface area contributed by atoms with Crippen LogP contribution in [0.5, 0.6) is 0 Å². The van der Waals surface area contributed by atoms with Crippen LogP contribution in [0.3, 0.4) is 0 Å². The fraction of sp³-hybridized carbons (Fsp3) is 0. The fourth-order valence-corrected chi connectivity index (χ4v) is 2.44. The predicted molar refractivity (Wildman–Crippen MR) is 74.2 cm³/mol. The van der Waals surface area contributed by atoms with Crippen molar-refractivity contribution in [1.29, 1.82) is 0 Å². The van der Waals surface area contributed by atoms with Crippen LogP contribution in [0.15, 0.2) is 70.5 Å². The molecular formula is C12H10ClFO4S2. The second kappa shape index (κ2) is 6.83. The van der Waals surface area contributed by atoms with E-state index in [1.807, 2.05) is 0 Å². The van der Waals surface area contributed by atoms with Crippen molar-refractivity contribution in [2.24, 2.45) is 0 Å². The molecule has 0 unspecified atom stereocenters. The molecule has 0 amide bonds. The van der Waals surface area contributed by atoms with Gasteiger partial charge in [-0.15, -0.1) is 3.89 Å². The van der Waals surface area contributed by atoms with Crippen molar-refractivity contribution < 1.29 is 20.7 Å². The van der Waals surface area contributed by atoms with E-state index in [-0.39, 0.29) is 9.79 Å². The van der Waals surface area contributed by atoms with Gasteiger partial charge in [-0.3, -0.25) is 0 Å². The third-order valence-electron chi connectivity index (χ3n) is 2.05. The lowest BCUT2D eigenvalue weighted by atomic mass is 10.4. The van der Waals surface area contributed by atoms with E-state index in [9.17, 15) is 20.7 Å². The standard InChI is InChI=1S/C6H5ClO2S.C6H5FO2S/c2*7-10(8,9)6-4-2-1-3-5-6/h2*1-5H. The van der Waals surface area contributed by atoms with Crippen LogP contribution < -0.4 is 0 Å². The van der Waals surface area contributed by atoms with Crippen LogP contribution in [0.25, 0.3) is 0 Å². The number of hydrogen-bond acceptors (Lipinski definition) is 4. The third kappa shape index (κ3) is 5.68. The highest BCUT2D eigenvalue weighted by molar-refractivity contribution is 8.13. The molecule has 20 heavy (non-hydrogen) atoms. The summed E-state index contributed by atoms with van der Waals surface area (Å²) < 4.78 is 53.6. The molecular weight excluding hydrogens is 327 g/mol. The summed E-state index contributed by atoms with van der Waals surface area (Å²) in [6.45, 7) is 0. The average Bonchev–Trinajstić information content (AvgIpc) is 2.40. The molecule has 0 spiro atoms. The maximum absolute atomic E-state index is 12.1. The van der Waals surface area contributed by atoms with Gasteiger partial charge < -0.3 is 0 Å². The van der Waals surface area contributed by atoms with Crippen LogP contribution in [0.4, 0.5) is 3.89 Å². The summed E-state index contributed by atoms with van der Waals surface area (Å²) in [5, 5.41) is 0. The van der Waals surface area contributed by atoms with Crippen LogP contribution in [0.2, 0.25) is 0 Å². The minimum absolute atomic E-state index is 0.136. The van der Waals surface area contributed by atoms with Crippen LogP contribution >= 0.6 is 10.7 Å². The van der Waals surface area contributed by atoms with Gasteiger partial charge in [-0.05, 0) is 24.3 Å². The quantitative estimate of drug-likeness (QED) is 0.791. The first-order chi connectivity index (χ1) is 9.21. The monoisotopic (exact) mass is 336 g/mol. The molecule has 0 atom stereocenters. The number of rotatable bonds is 2. The minimum Gasteiger partial charge on any atom is -0.207 e. The van der Waals surface area contributed by atoms with Gasteiger partial charge in [-0.2, -0.15) is 8.42 Å². The second-order valence-corrected chi connectivity index (χ2v) is 7.41. The van der Waals surface area contributed by atoms with Crippen molar-refractivity contribution in [3.63, 3.8) is 0 Å². The molecule has 4 nitrogen and oxygen atoms in total. The molecule has 0 aliphatic rings. The maximum atomic E-state index is 12.1. The lowest BCUT2D eigenvalue weighted by molar-refractivity contribution is 0.552. The average molecular weight is 337 g/mol. The SMILES string of the molecule is O=S(=O)(Cl)c1ccccc1.O=S(=O)(F)c1ccccc1. The first kappa shape index (κ1) is 16.6. The second-order valence-electron chi connectivity index (χ2n) is 3.50. The summed E-state index contributed by atoms with van der Waals surface area (Å²) in [5.41, 5.74) is 0. The Kier molecular flexibility index (Phi) is 5.67. The van der Waals surface area contributed by atoms with Gasteiger partial charge in [-0.25, -0.2) is 8.42 Å². The zero-order valence-electron chi connectivity index (χ0n) is 9.98. The Morgan fingerprint density at radius 1 is 0.700 bits per heavy atom. The molecule has 2 aromatic rings. The smallest absolute Gasteiger partial charge is 0.207 e. The molecule has 0 aliphatic heterocycles. The molecule has 0 heterocycles. The predicted octanol–water partition coefficient (Wildman–Crippen LogP) is 2.96. The van der Waals surface area contributed by atoms with E-state index in [1.54, 1.807) is 24.3 Å². The lowest BCUT2D eigenvalue weighted by Crippen LogP contribution is -1.89. The Bertz CT molecular complexity index is 677. The molecule has 0 N–H and O–H groups in total. The van der Waals surface area contributed by atoms with E-state index >= 15 is 0 Å². The first-order valence-corrected chi connectivity index (χ1v) is 8.90. The van der Waals surface area contributed by atoms with E-state index in [0.717, 1.165) is 0 Å². The highest BCUT2D eigenvalue weighted by Crippen LogP contribution is 2.12. The molecule has 0 bridgehead atoms. The highest BCUT2D eigenvalue weighted by Gasteiger charge is 2.08. The zero-order valence-corrected chi connectivity index (χ0v) is 12.4. The zero-order chi connectivity index (χ0) is 15.2. The van der Waals surface area contributed by atoms with E-state index in [0.29, 0.717) is 0 Å². The van der Waals surface area contributed by atoms with E-state index < -0.39 is 19.3 Å². The molecule has 8 heteroatoms. The van der Waals surface area contributed by atoms with Gasteiger partial charge in [-0.1, -0.05) is 36.4 Å². The Hall–Kier alpha value is -1.44. The summed E-state index contributed by atoms with van der Waals surface area (Å²) in [4.78, 5) is -0.160. The van der Waals surface area contributed by atoms with E-state index in [1.165, 1.54) is 36.4 Å². The Morgan fingerprint density at radius 2 is 1.05 bits per heavy atom. The molecule has 2 rings (SSSR count). The normalized spacial score (nSPS) is 11.3. The highest BCUT2D eigenvalue weighted by atomic mass is 35.7. The molecule has 108 valence electrons. The lowest BCUT2D eigenvalue weighted by Gasteiger charge is -1.91. The van der Waals surface area contributed by atoms with Crippen molar-refractivity contribution >= 4 is 30.0 Å². The maximum Gasteiger partial charge on any atom is 0.332 e. The summed E-state index contributed by atoms with van der Waals surface area (Å²) in [6.07, 6.45) is 0. The number of halogens is 2. The number of benzene rings is 2. The van der Waals surface area contributed by atoms with E-state index in [2.05, 4.69) is 0 Å². The van der Waals surface area contributed by atoms with Gasteiger partial charge in [0, 0.05) is 10.7 Å². The molecule has 0 aromatic heterocycles. The van der Waals surface area contributed by atoms with Gasteiger partial charge >= 0.3 is 10.2 Å². The van der Waals surface area contributed by atoms with Crippen molar-refractivity contribution in [3.8, 4) is 0 Å². The van der Waals surface area contributed by atoms with Crippen LogP contribution in [0.1, 0.15) is 0 Å².